The van der Waals surface area contributed by atoms with Crippen LogP contribution in [0.15, 0.2) is 22.6 Å². The van der Waals surface area contributed by atoms with Crippen LogP contribution in [0.1, 0.15) is 5.76 Å². The topological polar surface area (TPSA) is 33.4 Å². The molecule has 0 aromatic carbocycles. The maximum atomic E-state index is 8.40. The predicted octanol–water partition coefficient (Wildman–Crippen LogP) is 1.89. The van der Waals surface area contributed by atoms with Gasteiger partial charge in [-0.05, 0) is 40.8 Å². The summed E-state index contributed by atoms with van der Waals surface area (Å²) in [5.41, 5.74) is 0. The van der Waals surface area contributed by atoms with Gasteiger partial charge >= 0.3 is 0 Å². The lowest BCUT2D eigenvalue weighted by atomic mass is 10.4. The van der Waals surface area contributed by atoms with Crippen molar-refractivity contribution >= 4 is 28.7 Å². The molecule has 54 valence electrons. The highest BCUT2D eigenvalue weighted by molar-refractivity contribution is 14.1. The fourth-order valence-corrected chi connectivity index (χ4v) is 1.02. The third-order valence-corrected chi connectivity index (χ3v) is 1.56. The molecule has 0 amide bonds. The second kappa shape index (κ2) is 3.78. The summed E-state index contributed by atoms with van der Waals surface area (Å²) in [4.78, 5) is 0. The number of aliphatic hydroxyl groups is 1. The zero-order valence-corrected chi connectivity index (χ0v) is 7.41. The van der Waals surface area contributed by atoms with Crippen molar-refractivity contribution in [3.63, 3.8) is 0 Å². The molecule has 0 atom stereocenters. The van der Waals surface area contributed by atoms with Gasteiger partial charge in [-0.1, -0.05) is 6.08 Å². The van der Waals surface area contributed by atoms with E-state index < -0.39 is 0 Å². The molecule has 0 spiro atoms. The summed E-state index contributed by atoms with van der Waals surface area (Å²) in [6.45, 7) is 0.0529. The minimum Gasteiger partial charge on any atom is -0.451 e. The van der Waals surface area contributed by atoms with E-state index in [1.807, 2.05) is 12.1 Å². The Kier molecular flexibility index (Phi) is 2.95. The average molecular weight is 250 g/mol. The highest BCUT2D eigenvalue weighted by atomic mass is 127. The van der Waals surface area contributed by atoms with Crippen LogP contribution in [-0.2, 0) is 0 Å². The van der Waals surface area contributed by atoms with Gasteiger partial charge in [-0.15, -0.1) is 0 Å². The monoisotopic (exact) mass is 250 g/mol. The van der Waals surface area contributed by atoms with E-state index in [0.29, 0.717) is 0 Å². The van der Waals surface area contributed by atoms with Gasteiger partial charge in [0.1, 0.15) is 5.76 Å². The van der Waals surface area contributed by atoms with Crippen molar-refractivity contribution in [3.8, 4) is 0 Å². The lowest BCUT2D eigenvalue weighted by molar-refractivity contribution is 0.343. The van der Waals surface area contributed by atoms with Crippen molar-refractivity contribution in [3.05, 3.63) is 27.7 Å². The normalized spacial score (nSPS) is 11.0. The van der Waals surface area contributed by atoms with Gasteiger partial charge in [-0.2, -0.15) is 0 Å². The van der Waals surface area contributed by atoms with Gasteiger partial charge in [0.15, 0.2) is 3.77 Å². The van der Waals surface area contributed by atoms with E-state index in [2.05, 4.69) is 22.6 Å². The Bertz CT molecular complexity index is 227. The summed E-state index contributed by atoms with van der Waals surface area (Å²) in [5.74, 6) is 0.776. The second-order valence-corrected chi connectivity index (χ2v) is 2.79. The van der Waals surface area contributed by atoms with Gasteiger partial charge in [0.2, 0.25) is 0 Å². The summed E-state index contributed by atoms with van der Waals surface area (Å²) in [7, 11) is 0. The van der Waals surface area contributed by atoms with Crippen molar-refractivity contribution in [2.24, 2.45) is 0 Å². The Balaban J connectivity index is 2.67. The lowest BCUT2D eigenvalue weighted by Gasteiger charge is -1.81. The first-order valence-corrected chi connectivity index (χ1v) is 3.93. The molecule has 0 saturated heterocycles. The molecular formula is C7H7IO2. The van der Waals surface area contributed by atoms with E-state index in [-0.39, 0.29) is 6.61 Å². The number of hydrogen-bond acceptors (Lipinski definition) is 2. The van der Waals surface area contributed by atoms with E-state index in [0.717, 1.165) is 9.53 Å². The van der Waals surface area contributed by atoms with E-state index in [1.54, 1.807) is 12.2 Å². The molecule has 0 bridgehead atoms. The number of aliphatic hydroxyl groups excluding tert-OH is 1. The molecule has 1 rings (SSSR count). The standard InChI is InChI=1S/C7H7IO2/c8-7-4-3-6(10-7)2-1-5-9/h1-4,9H,5H2. The Labute approximate surface area is 72.7 Å². The van der Waals surface area contributed by atoms with Gasteiger partial charge in [-0.3, -0.25) is 0 Å². The minimum absolute atomic E-state index is 0.0529. The summed E-state index contributed by atoms with van der Waals surface area (Å²) in [5, 5.41) is 8.40. The molecule has 1 N–H and O–H groups in total. The first-order valence-electron chi connectivity index (χ1n) is 2.85. The van der Waals surface area contributed by atoms with Gasteiger partial charge in [0, 0.05) is 0 Å². The summed E-state index contributed by atoms with van der Waals surface area (Å²) in [6.07, 6.45) is 3.37. The second-order valence-electron chi connectivity index (χ2n) is 1.73. The van der Waals surface area contributed by atoms with E-state index >= 15 is 0 Å². The summed E-state index contributed by atoms with van der Waals surface area (Å²) < 4.78 is 6.03. The maximum absolute atomic E-state index is 8.40. The number of halogens is 1. The first kappa shape index (κ1) is 7.81. The zero-order valence-electron chi connectivity index (χ0n) is 5.25. The molecule has 1 aromatic rings. The van der Waals surface area contributed by atoms with Crippen LogP contribution in [0.3, 0.4) is 0 Å². The van der Waals surface area contributed by atoms with E-state index in [9.17, 15) is 0 Å². The molecular weight excluding hydrogens is 243 g/mol. The highest BCUT2D eigenvalue weighted by Crippen LogP contribution is 2.10. The van der Waals surface area contributed by atoms with Crippen molar-refractivity contribution < 1.29 is 9.52 Å². The van der Waals surface area contributed by atoms with Gasteiger partial charge < -0.3 is 9.52 Å². The molecule has 2 nitrogen and oxygen atoms in total. The molecule has 10 heavy (non-hydrogen) atoms. The molecule has 0 fully saturated rings. The molecule has 0 aliphatic rings. The van der Waals surface area contributed by atoms with E-state index in [4.69, 9.17) is 9.52 Å². The Morgan fingerprint density at radius 2 is 2.40 bits per heavy atom. The zero-order chi connectivity index (χ0) is 7.40. The van der Waals surface area contributed by atoms with Crippen molar-refractivity contribution in [1.29, 1.82) is 0 Å². The molecule has 0 radical (unpaired) electrons. The van der Waals surface area contributed by atoms with Gasteiger partial charge in [0.05, 0.1) is 6.61 Å². The van der Waals surface area contributed by atoms with Crippen LogP contribution in [0.5, 0.6) is 0 Å². The van der Waals surface area contributed by atoms with Crippen molar-refractivity contribution in [2.75, 3.05) is 6.61 Å². The smallest absolute Gasteiger partial charge is 0.164 e. The van der Waals surface area contributed by atoms with Crippen LogP contribution >= 0.6 is 22.6 Å². The highest BCUT2D eigenvalue weighted by Gasteiger charge is 1.91. The van der Waals surface area contributed by atoms with Crippen LogP contribution in [0.25, 0.3) is 6.08 Å². The largest absolute Gasteiger partial charge is 0.451 e. The molecule has 0 aliphatic heterocycles. The van der Waals surface area contributed by atoms with Crippen LogP contribution in [0.2, 0.25) is 0 Å². The van der Waals surface area contributed by atoms with Crippen LogP contribution in [0, 0.1) is 3.77 Å². The maximum Gasteiger partial charge on any atom is 0.164 e. The number of furan rings is 1. The Morgan fingerprint density at radius 3 is 2.90 bits per heavy atom. The average Bonchev–Trinajstić information content (AvgIpc) is 2.31. The number of hydrogen-bond donors (Lipinski definition) is 1. The predicted molar refractivity (Wildman–Crippen MR) is 47.5 cm³/mol. The quantitative estimate of drug-likeness (QED) is 0.813. The lowest BCUT2D eigenvalue weighted by Crippen LogP contribution is -1.69. The SMILES string of the molecule is OCC=Cc1ccc(I)o1. The molecule has 0 unspecified atom stereocenters. The molecule has 1 aromatic heterocycles. The molecule has 0 aliphatic carbocycles. The first-order chi connectivity index (χ1) is 4.83. The van der Waals surface area contributed by atoms with Gasteiger partial charge in [0.25, 0.3) is 0 Å². The third-order valence-electron chi connectivity index (χ3n) is 0.982. The van der Waals surface area contributed by atoms with Crippen LogP contribution in [-0.4, -0.2) is 11.7 Å². The molecule has 0 saturated carbocycles. The Hall–Kier alpha value is -0.290. The minimum atomic E-state index is 0.0529. The fourth-order valence-electron chi connectivity index (χ4n) is 0.587. The number of rotatable bonds is 2. The van der Waals surface area contributed by atoms with Crippen LogP contribution < -0.4 is 0 Å². The van der Waals surface area contributed by atoms with Crippen LogP contribution in [0.4, 0.5) is 0 Å². The summed E-state index contributed by atoms with van der Waals surface area (Å²) >= 11 is 2.09. The van der Waals surface area contributed by atoms with Crippen molar-refractivity contribution in [1.82, 2.24) is 0 Å². The van der Waals surface area contributed by atoms with E-state index in [1.165, 1.54) is 0 Å². The van der Waals surface area contributed by atoms with Crippen molar-refractivity contribution in [2.45, 2.75) is 0 Å². The summed E-state index contributed by atoms with van der Waals surface area (Å²) in [6, 6.07) is 3.73. The Morgan fingerprint density at radius 1 is 1.60 bits per heavy atom. The van der Waals surface area contributed by atoms with Gasteiger partial charge in [-0.25, -0.2) is 0 Å². The molecule has 1 heterocycles. The third kappa shape index (κ3) is 2.15. The molecule has 3 heteroatoms. The fraction of sp³-hybridized carbons (Fsp3) is 0.143.